The van der Waals surface area contributed by atoms with Crippen molar-refractivity contribution >= 4 is 17.3 Å². The summed E-state index contributed by atoms with van der Waals surface area (Å²) in [6.45, 7) is 1.79. The highest BCUT2D eigenvalue weighted by Crippen LogP contribution is 1.63. The minimum absolute atomic E-state index is 0.0877. The van der Waals surface area contributed by atoms with Gasteiger partial charge in [0.1, 0.15) is 0 Å². The third-order valence-corrected chi connectivity index (χ3v) is 1.12. The number of aliphatic hydroxyl groups excluding tert-OH is 1. The Morgan fingerprint density at radius 2 is 2.00 bits per heavy atom. The molecule has 60 valence electrons. The molecule has 0 saturated carbocycles. The van der Waals surface area contributed by atoms with E-state index in [1.165, 1.54) is 0 Å². The summed E-state index contributed by atoms with van der Waals surface area (Å²) in [7, 11) is 0. The minimum atomic E-state index is 0.0877. The highest BCUT2D eigenvalue weighted by molar-refractivity contribution is 7.80. The Morgan fingerprint density at radius 1 is 1.40 bits per heavy atom. The molecule has 0 aromatic heterocycles. The Balaban J connectivity index is 3.09. The molecule has 0 radical (unpaired) electrons. The molecule has 10 heavy (non-hydrogen) atoms. The Morgan fingerprint density at radius 3 is 2.50 bits per heavy atom. The standard InChI is InChI=1S/C5H13N3OS/c6-1-2-7-5(10)8-3-4-9/h9H,1-4,6H2,(H2,7,8,10). The molecule has 0 aliphatic carbocycles. The van der Waals surface area contributed by atoms with Gasteiger partial charge in [-0.15, -0.1) is 0 Å². The number of rotatable bonds is 4. The number of nitrogens with two attached hydrogens (primary N) is 1. The molecular formula is C5H13N3OS. The summed E-state index contributed by atoms with van der Waals surface area (Å²) < 4.78 is 0. The lowest BCUT2D eigenvalue weighted by atomic mass is 10.6. The van der Waals surface area contributed by atoms with Crippen molar-refractivity contribution < 1.29 is 5.11 Å². The molecule has 4 nitrogen and oxygen atoms in total. The Bertz CT molecular complexity index is 88.9. The second kappa shape index (κ2) is 6.73. The maximum Gasteiger partial charge on any atom is 0.166 e. The highest BCUT2D eigenvalue weighted by Gasteiger charge is 1.89. The summed E-state index contributed by atoms with van der Waals surface area (Å²) in [5, 5.41) is 14.5. The lowest BCUT2D eigenvalue weighted by Gasteiger charge is -2.06. The average molecular weight is 163 g/mol. The second-order valence-electron chi connectivity index (χ2n) is 1.69. The molecule has 0 aliphatic rings. The Kier molecular flexibility index (Phi) is 6.46. The normalized spacial score (nSPS) is 9.00. The van der Waals surface area contributed by atoms with Gasteiger partial charge in [0, 0.05) is 19.6 Å². The van der Waals surface area contributed by atoms with Crippen LogP contribution >= 0.6 is 12.2 Å². The van der Waals surface area contributed by atoms with Gasteiger partial charge in [0.05, 0.1) is 6.61 Å². The van der Waals surface area contributed by atoms with Crippen LogP contribution in [0.4, 0.5) is 0 Å². The van der Waals surface area contributed by atoms with Gasteiger partial charge in [0.25, 0.3) is 0 Å². The summed E-state index contributed by atoms with van der Waals surface area (Å²) in [4.78, 5) is 0. The van der Waals surface area contributed by atoms with E-state index in [9.17, 15) is 0 Å². The first kappa shape index (κ1) is 9.61. The van der Waals surface area contributed by atoms with E-state index in [-0.39, 0.29) is 6.61 Å². The first-order valence-corrected chi connectivity index (χ1v) is 3.54. The van der Waals surface area contributed by atoms with Crippen molar-refractivity contribution in [1.82, 2.24) is 10.6 Å². The molecule has 0 unspecified atom stereocenters. The summed E-state index contributed by atoms with van der Waals surface area (Å²) in [5.41, 5.74) is 5.21. The molecule has 5 N–H and O–H groups in total. The van der Waals surface area contributed by atoms with Crippen molar-refractivity contribution in [3.05, 3.63) is 0 Å². The van der Waals surface area contributed by atoms with Crippen LogP contribution < -0.4 is 16.4 Å². The van der Waals surface area contributed by atoms with Crippen molar-refractivity contribution in [2.24, 2.45) is 5.73 Å². The molecule has 5 heteroatoms. The van der Waals surface area contributed by atoms with E-state index >= 15 is 0 Å². The van der Waals surface area contributed by atoms with E-state index in [0.717, 1.165) is 0 Å². The van der Waals surface area contributed by atoms with Gasteiger partial charge in [0.15, 0.2) is 5.11 Å². The maximum atomic E-state index is 8.37. The molecule has 0 fully saturated rings. The maximum absolute atomic E-state index is 8.37. The molecule has 0 aliphatic heterocycles. The summed E-state index contributed by atoms with van der Waals surface area (Å²) in [5.74, 6) is 0. The predicted octanol–water partition coefficient (Wildman–Crippen LogP) is -1.60. The van der Waals surface area contributed by atoms with Gasteiger partial charge in [-0.05, 0) is 12.2 Å². The number of nitrogens with one attached hydrogen (secondary N) is 2. The third-order valence-electron chi connectivity index (χ3n) is 0.827. The Hall–Kier alpha value is -0.390. The third kappa shape index (κ3) is 5.74. The minimum Gasteiger partial charge on any atom is -0.395 e. The van der Waals surface area contributed by atoms with E-state index in [0.29, 0.717) is 24.7 Å². The number of hydrogen-bond donors (Lipinski definition) is 4. The second-order valence-corrected chi connectivity index (χ2v) is 2.10. The van der Waals surface area contributed by atoms with E-state index < -0.39 is 0 Å². The fourth-order valence-electron chi connectivity index (χ4n) is 0.418. The molecule has 0 aromatic carbocycles. The molecule has 0 heterocycles. The van der Waals surface area contributed by atoms with Crippen molar-refractivity contribution in [3.8, 4) is 0 Å². The van der Waals surface area contributed by atoms with Crippen LogP contribution in [-0.4, -0.2) is 36.5 Å². The van der Waals surface area contributed by atoms with E-state index in [1.54, 1.807) is 0 Å². The number of aliphatic hydroxyl groups is 1. The predicted molar refractivity (Wildman–Crippen MR) is 44.7 cm³/mol. The lowest BCUT2D eigenvalue weighted by molar-refractivity contribution is 0.300. The molecule has 0 amide bonds. The fourth-order valence-corrected chi connectivity index (χ4v) is 0.622. The van der Waals surface area contributed by atoms with E-state index in [2.05, 4.69) is 10.6 Å². The van der Waals surface area contributed by atoms with Crippen molar-refractivity contribution in [3.63, 3.8) is 0 Å². The van der Waals surface area contributed by atoms with Crippen LogP contribution in [0.1, 0.15) is 0 Å². The summed E-state index contributed by atoms with van der Waals surface area (Å²) >= 11 is 4.80. The molecule has 0 spiro atoms. The van der Waals surface area contributed by atoms with Gasteiger partial charge < -0.3 is 21.5 Å². The topological polar surface area (TPSA) is 70.3 Å². The van der Waals surface area contributed by atoms with Crippen LogP contribution in [0.15, 0.2) is 0 Å². The van der Waals surface area contributed by atoms with Gasteiger partial charge in [0.2, 0.25) is 0 Å². The quantitative estimate of drug-likeness (QED) is 0.376. The number of hydrogen-bond acceptors (Lipinski definition) is 3. The molecule has 0 atom stereocenters. The molecule has 0 rings (SSSR count). The average Bonchev–Trinajstić information content (AvgIpc) is 1.97. The zero-order chi connectivity index (χ0) is 7.82. The first-order chi connectivity index (χ1) is 4.81. The van der Waals surface area contributed by atoms with Crippen LogP contribution in [-0.2, 0) is 0 Å². The smallest absolute Gasteiger partial charge is 0.166 e. The Labute approximate surface area is 65.8 Å². The van der Waals surface area contributed by atoms with Gasteiger partial charge in [-0.25, -0.2) is 0 Å². The summed E-state index contributed by atoms with van der Waals surface area (Å²) in [6.07, 6.45) is 0. The molecule has 0 aromatic rings. The largest absolute Gasteiger partial charge is 0.395 e. The van der Waals surface area contributed by atoms with Gasteiger partial charge in [-0.3, -0.25) is 0 Å². The SMILES string of the molecule is NCCNC(=S)NCCO. The fraction of sp³-hybridized carbons (Fsp3) is 0.800. The highest BCUT2D eigenvalue weighted by atomic mass is 32.1. The van der Waals surface area contributed by atoms with E-state index in [4.69, 9.17) is 23.1 Å². The van der Waals surface area contributed by atoms with Crippen molar-refractivity contribution in [1.29, 1.82) is 0 Å². The van der Waals surface area contributed by atoms with Crippen LogP contribution in [0.3, 0.4) is 0 Å². The monoisotopic (exact) mass is 163 g/mol. The zero-order valence-electron chi connectivity index (χ0n) is 5.76. The van der Waals surface area contributed by atoms with E-state index in [1.807, 2.05) is 0 Å². The molecule has 0 saturated heterocycles. The first-order valence-electron chi connectivity index (χ1n) is 3.14. The summed E-state index contributed by atoms with van der Waals surface area (Å²) in [6, 6.07) is 0. The van der Waals surface area contributed by atoms with Crippen LogP contribution in [0.2, 0.25) is 0 Å². The lowest BCUT2D eigenvalue weighted by Crippen LogP contribution is -2.39. The molecule has 0 bridgehead atoms. The van der Waals surface area contributed by atoms with Crippen molar-refractivity contribution in [2.45, 2.75) is 0 Å². The van der Waals surface area contributed by atoms with Gasteiger partial charge in [-0.2, -0.15) is 0 Å². The van der Waals surface area contributed by atoms with Crippen molar-refractivity contribution in [2.75, 3.05) is 26.2 Å². The van der Waals surface area contributed by atoms with Crippen LogP contribution in [0.25, 0.3) is 0 Å². The number of thiocarbonyl (C=S) groups is 1. The van der Waals surface area contributed by atoms with Gasteiger partial charge >= 0.3 is 0 Å². The van der Waals surface area contributed by atoms with Gasteiger partial charge in [-0.1, -0.05) is 0 Å². The van der Waals surface area contributed by atoms with Crippen LogP contribution in [0, 0.1) is 0 Å². The van der Waals surface area contributed by atoms with Crippen LogP contribution in [0.5, 0.6) is 0 Å². The zero-order valence-corrected chi connectivity index (χ0v) is 6.58. The molecular weight excluding hydrogens is 150 g/mol.